The monoisotopic (exact) mass is 231 g/mol. The van der Waals surface area contributed by atoms with Gasteiger partial charge in [-0.1, -0.05) is 0 Å². The fourth-order valence-corrected chi connectivity index (χ4v) is 1.58. The Morgan fingerprint density at radius 1 is 1.29 bits per heavy atom. The van der Waals surface area contributed by atoms with E-state index in [1.807, 2.05) is 0 Å². The van der Waals surface area contributed by atoms with Crippen LogP contribution in [0.15, 0.2) is 18.2 Å². The maximum Gasteiger partial charge on any atom is 0.271 e. The lowest BCUT2D eigenvalue weighted by atomic mass is 10.2. The van der Waals surface area contributed by atoms with Crippen LogP contribution in [-0.4, -0.2) is 20.7 Å². The summed E-state index contributed by atoms with van der Waals surface area (Å²) in [6.45, 7) is 3.07. The van der Waals surface area contributed by atoms with Crippen LogP contribution in [0.25, 0.3) is 11.0 Å². The van der Waals surface area contributed by atoms with Crippen molar-refractivity contribution >= 4 is 22.5 Å². The Hall–Kier alpha value is -2.37. The van der Waals surface area contributed by atoms with E-state index in [4.69, 9.17) is 0 Å². The van der Waals surface area contributed by atoms with Crippen LogP contribution in [0, 0.1) is 17.0 Å². The summed E-state index contributed by atoms with van der Waals surface area (Å²) in [7, 11) is 0. The molecule has 0 spiro atoms. The first kappa shape index (κ1) is 11.1. The lowest BCUT2D eigenvalue weighted by molar-refractivity contribution is -0.384. The first-order valence-corrected chi connectivity index (χ1v) is 4.93. The molecule has 0 aliphatic carbocycles. The van der Waals surface area contributed by atoms with Gasteiger partial charge in [-0.25, -0.2) is 9.97 Å². The van der Waals surface area contributed by atoms with Gasteiger partial charge in [0.15, 0.2) is 5.78 Å². The summed E-state index contributed by atoms with van der Waals surface area (Å²) in [6.07, 6.45) is 0. The fraction of sp³-hybridized carbons (Fsp3) is 0.182. The van der Waals surface area contributed by atoms with Crippen molar-refractivity contribution in [3.8, 4) is 0 Å². The largest absolute Gasteiger partial charge is 0.293 e. The molecule has 6 nitrogen and oxygen atoms in total. The lowest BCUT2D eigenvalue weighted by Gasteiger charge is -2.03. The maximum atomic E-state index is 11.3. The first-order chi connectivity index (χ1) is 7.99. The number of nitrogens with zero attached hydrogens (tertiary/aromatic N) is 3. The topological polar surface area (TPSA) is 86.0 Å². The van der Waals surface area contributed by atoms with Crippen molar-refractivity contribution in [2.45, 2.75) is 13.8 Å². The molecule has 2 rings (SSSR count). The second kappa shape index (κ2) is 3.89. The number of fused-ring (bicyclic) bond motifs is 1. The highest BCUT2D eigenvalue weighted by Gasteiger charge is 2.12. The van der Waals surface area contributed by atoms with E-state index in [0.717, 1.165) is 0 Å². The highest BCUT2D eigenvalue weighted by molar-refractivity contribution is 5.95. The number of rotatable bonds is 2. The summed E-state index contributed by atoms with van der Waals surface area (Å²) >= 11 is 0. The quantitative estimate of drug-likeness (QED) is 0.448. The average molecular weight is 231 g/mol. The van der Waals surface area contributed by atoms with Gasteiger partial charge in [-0.2, -0.15) is 0 Å². The predicted octanol–water partition coefficient (Wildman–Crippen LogP) is 2.05. The normalized spacial score (nSPS) is 10.5. The SMILES string of the molecule is CC(=O)c1nc2cc([N+](=O)[O-])ccc2nc1C. The molecule has 0 atom stereocenters. The number of hydrogen-bond acceptors (Lipinski definition) is 5. The molecule has 2 aromatic rings. The minimum atomic E-state index is -0.506. The number of Topliss-reactive ketones (excluding diaryl/α,β-unsaturated/α-hetero) is 1. The minimum absolute atomic E-state index is 0.0647. The average Bonchev–Trinajstić information content (AvgIpc) is 2.27. The Morgan fingerprint density at radius 3 is 2.59 bits per heavy atom. The van der Waals surface area contributed by atoms with Crippen LogP contribution in [0.1, 0.15) is 23.1 Å². The third kappa shape index (κ3) is 1.96. The van der Waals surface area contributed by atoms with Crippen LogP contribution < -0.4 is 0 Å². The number of nitro groups is 1. The van der Waals surface area contributed by atoms with E-state index in [0.29, 0.717) is 16.7 Å². The zero-order valence-corrected chi connectivity index (χ0v) is 9.30. The zero-order chi connectivity index (χ0) is 12.6. The van der Waals surface area contributed by atoms with Crippen molar-refractivity contribution in [1.29, 1.82) is 0 Å². The van der Waals surface area contributed by atoms with Crippen molar-refractivity contribution in [3.05, 3.63) is 39.7 Å². The van der Waals surface area contributed by atoms with Crippen molar-refractivity contribution in [2.75, 3.05) is 0 Å². The third-order valence-electron chi connectivity index (χ3n) is 2.37. The molecule has 0 N–H and O–H groups in total. The highest BCUT2D eigenvalue weighted by atomic mass is 16.6. The molecule has 1 heterocycles. The van der Waals surface area contributed by atoms with E-state index in [1.165, 1.54) is 25.1 Å². The summed E-state index contributed by atoms with van der Waals surface area (Å²) in [5, 5.41) is 10.6. The summed E-state index contributed by atoms with van der Waals surface area (Å²) in [5.74, 6) is -0.205. The van der Waals surface area contributed by atoms with E-state index in [2.05, 4.69) is 9.97 Å². The van der Waals surface area contributed by atoms with Crippen LogP contribution in [0.5, 0.6) is 0 Å². The van der Waals surface area contributed by atoms with E-state index < -0.39 is 4.92 Å². The van der Waals surface area contributed by atoms with Gasteiger partial charge >= 0.3 is 0 Å². The molecule has 0 unspecified atom stereocenters. The van der Waals surface area contributed by atoms with E-state index in [1.54, 1.807) is 6.92 Å². The number of carbonyl (C=O) groups is 1. The van der Waals surface area contributed by atoms with Gasteiger partial charge in [-0.15, -0.1) is 0 Å². The number of aryl methyl sites for hydroxylation is 1. The van der Waals surface area contributed by atoms with E-state index in [9.17, 15) is 14.9 Å². The number of aromatic nitrogens is 2. The van der Waals surface area contributed by atoms with Crippen molar-refractivity contribution in [3.63, 3.8) is 0 Å². The molecule has 1 aromatic heterocycles. The molecular weight excluding hydrogens is 222 g/mol. The van der Waals surface area contributed by atoms with Gasteiger partial charge in [0.1, 0.15) is 5.69 Å². The van der Waals surface area contributed by atoms with Crippen LogP contribution in [-0.2, 0) is 0 Å². The third-order valence-corrected chi connectivity index (χ3v) is 2.37. The van der Waals surface area contributed by atoms with Gasteiger partial charge in [0.25, 0.3) is 5.69 Å². The summed E-state index contributed by atoms with van der Waals surface area (Å²) in [6, 6.07) is 4.20. The van der Waals surface area contributed by atoms with E-state index >= 15 is 0 Å². The van der Waals surface area contributed by atoms with Crippen LogP contribution in [0.2, 0.25) is 0 Å². The van der Waals surface area contributed by atoms with Crippen molar-refractivity contribution in [2.24, 2.45) is 0 Å². The molecule has 0 fully saturated rings. The Labute approximate surface area is 96.5 Å². The van der Waals surface area contributed by atoms with E-state index in [-0.39, 0.29) is 17.2 Å². The van der Waals surface area contributed by atoms with Crippen molar-refractivity contribution < 1.29 is 9.72 Å². The Kier molecular flexibility index (Phi) is 2.55. The van der Waals surface area contributed by atoms with Crippen molar-refractivity contribution in [1.82, 2.24) is 9.97 Å². The molecule has 0 amide bonds. The van der Waals surface area contributed by atoms with Gasteiger partial charge in [0.2, 0.25) is 0 Å². The number of carbonyl (C=O) groups excluding carboxylic acids is 1. The van der Waals surface area contributed by atoms with Gasteiger partial charge in [-0.3, -0.25) is 14.9 Å². The number of hydrogen-bond donors (Lipinski definition) is 0. The standard InChI is InChI=1S/C11H9N3O3/c1-6-11(7(2)15)13-10-5-8(14(16)17)3-4-9(10)12-6/h3-5H,1-2H3. The molecule has 0 radical (unpaired) electrons. The number of non-ortho nitro benzene ring substituents is 1. The second-order valence-electron chi connectivity index (χ2n) is 3.64. The number of ketones is 1. The first-order valence-electron chi connectivity index (χ1n) is 4.93. The molecule has 0 saturated carbocycles. The molecule has 1 aromatic carbocycles. The lowest BCUT2D eigenvalue weighted by Crippen LogP contribution is -2.03. The molecule has 0 aliphatic heterocycles. The summed E-state index contributed by atoms with van der Waals surface area (Å²) < 4.78 is 0. The minimum Gasteiger partial charge on any atom is -0.293 e. The van der Waals surface area contributed by atoms with Crippen LogP contribution in [0.3, 0.4) is 0 Å². The van der Waals surface area contributed by atoms with Gasteiger partial charge < -0.3 is 0 Å². The second-order valence-corrected chi connectivity index (χ2v) is 3.64. The maximum absolute atomic E-state index is 11.3. The molecular formula is C11H9N3O3. The summed E-state index contributed by atoms with van der Waals surface area (Å²) in [4.78, 5) is 29.7. The number of nitro benzene ring substituents is 1. The van der Waals surface area contributed by atoms with Gasteiger partial charge in [0.05, 0.1) is 21.7 Å². The zero-order valence-electron chi connectivity index (χ0n) is 9.30. The Bertz CT molecular complexity index is 637. The van der Waals surface area contributed by atoms with Gasteiger partial charge in [-0.05, 0) is 13.0 Å². The predicted molar refractivity (Wildman–Crippen MR) is 60.9 cm³/mol. The molecule has 0 bridgehead atoms. The Morgan fingerprint density at radius 2 is 2.00 bits per heavy atom. The smallest absolute Gasteiger partial charge is 0.271 e. The highest BCUT2D eigenvalue weighted by Crippen LogP contribution is 2.19. The molecule has 86 valence electrons. The Balaban J connectivity index is 2.72. The molecule has 0 saturated heterocycles. The molecule has 0 aliphatic rings. The molecule has 6 heteroatoms. The van der Waals surface area contributed by atoms with Crippen LogP contribution >= 0.6 is 0 Å². The number of benzene rings is 1. The fourth-order valence-electron chi connectivity index (χ4n) is 1.58. The van der Waals surface area contributed by atoms with Crippen LogP contribution in [0.4, 0.5) is 5.69 Å². The summed E-state index contributed by atoms with van der Waals surface area (Å²) in [5.41, 5.74) is 1.61. The van der Waals surface area contributed by atoms with Gasteiger partial charge in [0, 0.05) is 19.1 Å². The molecule has 17 heavy (non-hydrogen) atoms.